The average molecular weight is 259 g/mol. The predicted molar refractivity (Wildman–Crippen MR) is 62.2 cm³/mol. The van der Waals surface area contributed by atoms with Crippen LogP contribution in [0.25, 0.3) is 0 Å². The molecule has 0 atom stereocenters. The van der Waals surface area contributed by atoms with E-state index in [9.17, 15) is 18.4 Å². The fourth-order valence-electron chi connectivity index (χ4n) is 2.19. The monoisotopic (exact) mass is 259 g/mol. The highest BCUT2D eigenvalue weighted by atomic mass is 19.1. The van der Waals surface area contributed by atoms with E-state index in [0.717, 1.165) is 6.07 Å². The highest BCUT2D eigenvalue weighted by Crippen LogP contribution is 2.29. The first kappa shape index (κ1) is 11.6. The second-order valence-electron chi connectivity index (χ2n) is 4.34. The molecule has 0 unspecified atom stereocenters. The van der Waals surface area contributed by atoms with Crippen molar-refractivity contribution < 1.29 is 18.4 Å². The van der Waals surface area contributed by atoms with E-state index in [1.807, 2.05) is 0 Å². The Morgan fingerprint density at radius 2 is 1.68 bits per heavy atom. The second kappa shape index (κ2) is 3.78. The van der Waals surface area contributed by atoms with Gasteiger partial charge in [-0.1, -0.05) is 0 Å². The molecule has 2 aromatic rings. The van der Waals surface area contributed by atoms with Crippen LogP contribution in [0.3, 0.4) is 0 Å². The molecule has 0 spiro atoms. The van der Waals surface area contributed by atoms with Crippen molar-refractivity contribution in [3.63, 3.8) is 0 Å². The maximum atomic E-state index is 13.7. The quantitative estimate of drug-likeness (QED) is 0.623. The first-order chi connectivity index (χ1) is 8.99. The maximum Gasteiger partial charge on any atom is 0.199 e. The molecule has 1 aliphatic rings. The van der Waals surface area contributed by atoms with Gasteiger partial charge in [0.2, 0.25) is 0 Å². The molecule has 0 amide bonds. The van der Waals surface area contributed by atoms with E-state index in [1.165, 1.54) is 12.3 Å². The topological polar surface area (TPSA) is 47.0 Å². The summed E-state index contributed by atoms with van der Waals surface area (Å²) in [6.45, 7) is 1.67. The van der Waals surface area contributed by atoms with Gasteiger partial charge in [0.05, 0.1) is 11.1 Å². The lowest BCUT2D eigenvalue weighted by atomic mass is 9.84. The molecule has 1 aromatic carbocycles. The molecular formula is C14H7F2NO2. The van der Waals surface area contributed by atoms with Gasteiger partial charge < -0.3 is 0 Å². The molecule has 0 radical (unpaired) electrons. The van der Waals surface area contributed by atoms with Gasteiger partial charge >= 0.3 is 0 Å². The van der Waals surface area contributed by atoms with E-state index in [0.29, 0.717) is 11.8 Å². The normalized spacial score (nSPS) is 13.2. The summed E-state index contributed by atoms with van der Waals surface area (Å²) in [6.07, 6.45) is 1.25. The lowest BCUT2D eigenvalue weighted by Gasteiger charge is -2.17. The van der Waals surface area contributed by atoms with Gasteiger partial charge in [-0.25, -0.2) is 8.78 Å². The van der Waals surface area contributed by atoms with Crippen molar-refractivity contribution in [1.29, 1.82) is 0 Å². The molecule has 0 saturated carbocycles. The minimum Gasteiger partial charge on any atom is -0.289 e. The lowest BCUT2D eigenvalue weighted by Crippen LogP contribution is -2.23. The Morgan fingerprint density at radius 3 is 2.42 bits per heavy atom. The Morgan fingerprint density at radius 1 is 0.947 bits per heavy atom. The summed E-state index contributed by atoms with van der Waals surface area (Å²) < 4.78 is 26.9. The first-order valence-electron chi connectivity index (χ1n) is 5.54. The number of benzene rings is 1. The third-order valence-electron chi connectivity index (χ3n) is 3.06. The van der Waals surface area contributed by atoms with Gasteiger partial charge in [0.15, 0.2) is 11.6 Å². The average Bonchev–Trinajstić information content (AvgIpc) is 2.35. The summed E-state index contributed by atoms with van der Waals surface area (Å²) in [4.78, 5) is 28.3. The van der Waals surface area contributed by atoms with Crippen LogP contribution in [0, 0.1) is 18.6 Å². The molecule has 3 nitrogen and oxygen atoms in total. The zero-order valence-electron chi connectivity index (χ0n) is 9.83. The number of halogens is 2. The molecule has 19 heavy (non-hydrogen) atoms. The summed E-state index contributed by atoms with van der Waals surface area (Å²) in [7, 11) is 0. The van der Waals surface area contributed by atoms with Gasteiger partial charge in [0.1, 0.15) is 11.6 Å². The molecule has 1 aromatic heterocycles. The molecule has 3 rings (SSSR count). The van der Waals surface area contributed by atoms with E-state index in [4.69, 9.17) is 0 Å². The summed E-state index contributed by atoms with van der Waals surface area (Å²) in [6, 6.07) is 2.93. The van der Waals surface area contributed by atoms with E-state index in [1.54, 1.807) is 6.92 Å². The van der Waals surface area contributed by atoms with E-state index in [2.05, 4.69) is 4.98 Å². The molecule has 0 fully saturated rings. The fraction of sp³-hybridized carbons (Fsp3) is 0.0714. The minimum absolute atomic E-state index is 0.0496. The van der Waals surface area contributed by atoms with Gasteiger partial charge in [-0.2, -0.15) is 0 Å². The van der Waals surface area contributed by atoms with Crippen LogP contribution in [-0.4, -0.2) is 16.6 Å². The molecule has 1 heterocycles. The van der Waals surface area contributed by atoms with Gasteiger partial charge in [0, 0.05) is 29.1 Å². The molecule has 0 bridgehead atoms. The smallest absolute Gasteiger partial charge is 0.199 e. The Kier molecular flexibility index (Phi) is 2.32. The molecule has 0 aliphatic heterocycles. The van der Waals surface area contributed by atoms with Crippen LogP contribution in [-0.2, 0) is 0 Å². The number of nitrogens with zero attached hydrogens (tertiary/aromatic N) is 1. The van der Waals surface area contributed by atoms with Gasteiger partial charge in [-0.05, 0) is 19.1 Å². The Labute approximate surface area is 106 Å². The molecule has 1 aliphatic carbocycles. The molecule has 0 saturated heterocycles. The van der Waals surface area contributed by atoms with Crippen molar-refractivity contribution in [2.24, 2.45) is 0 Å². The van der Waals surface area contributed by atoms with Crippen molar-refractivity contribution in [3.05, 3.63) is 64.0 Å². The molecule has 94 valence electrons. The summed E-state index contributed by atoms with van der Waals surface area (Å²) in [5, 5.41) is 0. The summed E-state index contributed by atoms with van der Waals surface area (Å²) >= 11 is 0. The fourth-order valence-corrected chi connectivity index (χ4v) is 2.19. The van der Waals surface area contributed by atoms with Crippen molar-refractivity contribution >= 4 is 11.6 Å². The van der Waals surface area contributed by atoms with Gasteiger partial charge in [-0.3, -0.25) is 14.6 Å². The number of carbonyl (C=O) groups is 2. The van der Waals surface area contributed by atoms with Crippen LogP contribution < -0.4 is 0 Å². The lowest BCUT2D eigenvalue weighted by molar-refractivity contribution is 0.0974. The van der Waals surface area contributed by atoms with E-state index < -0.39 is 23.2 Å². The van der Waals surface area contributed by atoms with Crippen LogP contribution in [0.1, 0.15) is 37.5 Å². The number of pyridine rings is 1. The zero-order valence-corrected chi connectivity index (χ0v) is 9.83. The SMILES string of the molecule is Cc1cc2c(cn1)C(=O)c1c(F)cc(F)cc1C2=O. The van der Waals surface area contributed by atoms with Crippen molar-refractivity contribution in [2.75, 3.05) is 0 Å². The van der Waals surface area contributed by atoms with Gasteiger partial charge in [-0.15, -0.1) is 0 Å². The number of rotatable bonds is 0. The molecule has 0 N–H and O–H groups in total. The number of aryl methyl sites for hydroxylation is 1. The van der Waals surface area contributed by atoms with Crippen molar-refractivity contribution in [1.82, 2.24) is 4.98 Å². The summed E-state index contributed by atoms with van der Waals surface area (Å²) in [5.74, 6) is -3.12. The standard InChI is InChI=1S/C14H7F2NO2/c1-6-2-8-10(5-17-6)14(19)12-9(13(8)18)3-7(15)4-11(12)16/h2-5H,1H3. The Hall–Kier alpha value is -2.43. The highest BCUT2D eigenvalue weighted by molar-refractivity contribution is 6.28. The number of aromatic nitrogens is 1. The van der Waals surface area contributed by atoms with Crippen LogP contribution in [0.15, 0.2) is 24.4 Å². The third kappa shape index (κ3) is 1.58. The first-order valence-corrected chi connectivity index (χ1v) is 5.54. The van der Waals surface area contributed by atoms with E-state index in [-0.39, 0.29) is 22.3 Å². The van der Waals surface area contributed by atoms with Crippen LogP contribution in [0.2, 0.25) is 0 Å². The number of hydrogen-bond acceptors (Lipinski definition) is 3. The van der Waals surface area contributed by atoms with Crippen molar-refractivity contribution in [3.8, 4) is 0 Å². The number of carbonyl (C=O) groups excluding carboxylic acids is 2. The largest absolute Gasteiger partial charge is 0.289 e. The van der Waals surface area contributed by atoms with Crippen LogP contribution in [0.4, 0.5) is 8.78 Å². The number of ketones is 2. The summed E-state index contributed by atoms with van der Waals surface area (Å²) in [5.41, 5.74) is 0.119. The number of hydrogen-bond donors (Lipinski definition) is 0. The van der Waals surface area contributed by atoms with Gasteiger partial charge in [0.25, 0.3) is 0 Å². The number of fused-ring (bicyclic) bond motifs is 2. The second-order valence-corrected chi connectivity index (χ2v) is 4.34. The third-order valence-corrected chi connectivity index (χ3v) is 3.06. The molecule has 5 heteroatoms. The van der Waals surface area contributed by atoms with Crippen LogP contribution >= 0.6 is 0 Å². The Bertz CT molecular complexity index is 753. The van der Waals surface area contributed by atoms with E-state index >= 15 is 0 Å². The Balaban J connectivity index is 2.36. The predicted octanol–water partition coefficient (Wildman–Crippen LogP) is 2.44. The zero-order chi connectivity index (χ0) is 13.7. The molecular weight excluding hydrogens is 252 g/mol. The van der Waals surface area contributed by atoms with Crippen LogP contribution in [0.5, 0.6) is 0 Å². The minimum atomic E-state index is -1.03. The maximum absolute atomic E-state index is 13.7. The highest BCUT2D eigenvalue weighted by Gasteiger charge is 2.33. The van der Waals surface area contributed by atoms with Crippen molar-refractivity contribution in [2.45, 2.75) is 6.92 Å².